The molecule has 7 heteroatoms. The molecular formula is C24H22ClN5O. The van der Waals surface area contributed by atoms with E-state index in [1.807, 2.05) is 38.2 Å². The van der Waals surface area contributed by atoms with Gasteiger partial charge in [0.05, 0.1) is 10.5 Å². The number of nitrogens with one attached hydrogen (secondary N) is 1. The number of hydrogen-bond acceptors (Lipinski definition) is 5. The summed E-state index contributed by atoms with van der Waals surface area (Å²) in [5.74, 6) is 0.0991. The minimum Gasteiger partial charge on any atom is -0.382 e. The molecule has 3 heterocycles. The number of rotatable bonds is 5. The molecule has 0 bridgehead atoms. The number of carbonyl (C=O) groups is 1. The second-order valence-electron chi connectivity index (χ2n) is 7.53. The van der Waals surface area contributed by atoms with Crippen molar-refractivity contribution in [3.05, 3.63) is 93.5 Å². The first kappa shape index (κ1) is 20.8. The Morgan fingerprint density at radius 3 is 2.77 bits per heavy atom. The lowest BCUT2D eigenvalue weighted by atomic mass is 10.0. The van der Waals surface area contributed by atoms with Gasteiger partial charge in [0.15, 0.2) is 0 Å². The van der Waals surface area contributed by atoms with E-state index < -0.39 is 0 Å². The molecule has 0 saturated heterocycles. The van der Waals surface area contributed by atoms with Gasteiger partial charge >= 0.3 is 0 Å². The number of pyridine rings is 3. The first-order chi connectivity index (χ1) is 14.9. The minimum absolute atomic E-state index is 0.186. The summed E-state index contributed by atoms with van der Waals surface area (Å²) in [4.78, 5) is 25.7. The molecule has 31 heavy (non-hydrogen) atoms. The average molecular weight is 432 g/mol. The van der Waals surface area contributed by atoms with Gasteiger partial charge in [-0.1, -0.05) is 17.7 Å². The average Bonchev–Trinajstić information content (AvgIpc) is 2.75. The highest BCUT2D eigenvalue weighted by atomic mass is 35.5. The maximum atomic E-state index is 12.7. The summed E-state index contributed by atoms with van der Waals surface area (Å²) < 4.78 is 0. The fourth-order valence-electron chi connectivity index (χ4n) is 3.42. The van der Waals surface area contributed by atoms with Crippen molar-refractivity contribution in [3.8, 4) is 0 Å². The van der Waals surface area contributed by atoms with Crippen LogP contribution in [0.15, 0.2) is 54.9 Å². The van der Waals surface area contributed by atoms with Gasteiger partial charge in [0.2, 0.25) is 0 Å². The Morgan fingerprint density at radius 2 is 1.94 bits per heavy atom. The van der Waals surface area contributed by atoms with Gasteiger partial charge in [-0.25, -0.2) is 4.98 Å². The van der Waals surface area contributed by atoms with Gasteiger partial charge < -0.3 is 11.1 Å². The Morgan fingerprint density at radius 1 is 1.10 bits per heavy atom. The molecule has 3 N–H and O–H groups in total. The van der Waals surface area contributed by atoms with Crippen LogP contribution in [0, 0.1) is 13.8 Å². The largest absolute Gasteiger partial charge is 0.382 e. The molecule has 0 aliphatic heterocycles. The number of aryl methyl sites for hydroxylation is 2. The Labute approximate surface area is 185 Å². The van der Waals surface area contributed by atoms with Gasteiger partial charge in [-0.15, -0.1) is 0 Å². The number of nitrogens with zero attached hydrogens (tertiary/aromatic N) is 3. The highest BCUT2D eigenvalue weighted by Gasteiger charge is 2.10. The van der Waals surface area contributed by atoms with E-state index in [4.69, 9.17) is 17.3 Å². The second-order valence-corrected chi connectivity index (χ2v) is 7.94. The topological polar surface area (TPSA) is 93.8 Å². The van der Waals surface area contributed by atoms with Crippen molar-refractivity contribution in [2.24, 2.45) is 0 Å². The summed E-state index contributed by atoms with van der Waals surface area (Å²) in [6.45, 7) is 4.17. The number of benzene rings is 1. The smallest absolute Gasteiger partial charge is 0.251 e. The number of aromatic nitrogens is 3. The lowest BCUT2D eigenvalue weighted by Crippen LogP contribution is -2.23. The van der Waals surface area contributed by atoms with E-state index >= 15 is 0 Å². The predicted octanol–water partition coefficient (Wildman–Crippen LogP) is 4.40. The molecule has 6 nitrogen and oxygen atoms in total. The van der Waals surface area contributed by atoms with E-state index in [-0.39, 0.29) is 11.7 Å². The molecule has 0 radical (unpaired) electrons. The van der Waals surface area contributed by atoms with Gasteiger partial charge in [-0.3, -0.25) is 14.8 Å². The zero-order valence-corrected chi connectivity index (χ0v) is 18.1. The van der Waals surface area contributed by atoms with Crippen molar-refractivity contribution in [1.29, 1.82) is 0 Å². The Hall–Kier alpha value is -3.51. The van der Waals surface area contributed by atoms with Crippen LogP contribution < -0.4 is 11.1 Å². The number of carbonyl (C=O) groups excluding carboxylic acids is 1. The van der Waals surface area contributed by atoms with Crippen LogP contribution in [0.25, 0.3) is 10.9 Å². The van der Waals surface area contributed by atoms with E-state index in [0.29, 0.717) is 23.6 Å². The van der Waals surface area contributed by atoms with Crippen LogP contribution >= 0.6 is 11.6 Å². The van der Waals surface area contributed by atoms with Crippen molar-refractivity contribution < 1.29 is 4.79 Å². The van der Waals surface area contributed by atoms with Crippen molar-refractivity contribution in [2.45, 2.75) is 26.8 Å². The summed E-state index contributed by atoms with van der Waals surface area (Å²) in [5.41, 5.74) is 11.8. The number of amides is 1. The summed E-state index contributed by atoms with van der Waals surface area (Å²) in [6, 6.07) is 13.5. The minimum atomic E-state index is -0.186. The molecule has 0 unspecified atom stereocenters. The Kier molecular flexibility index (Phi) is 5.82. The summed E-state index contributed by atoms with van der Waals surface area (Å²) >= 11 is 6.05. The third-order valence-corrected chi connectivity index (χ3v) is 5.39. The second kappa shape index (κ2) is 8.70. The monoisotopic (exact) mass is 431 g/mol. The van der Waals surface area contributed by atoms with Gasteiger partial charge in [0, 0.05) is 47.7 Å². The first-order valence-corrected chi connectivity index (χ1v) is 10.3. The molecular weight excluding hydrogens is 410 g/mol. The lowest BCUT2D eigenvalue weighted by Gasteiger charge is -2.10. The molecule has 3 aromatic heterocycles. The molecule has 1 aromatic carbocycles. The zero-order chi connectivity index (χ0) is 22.0. The van der Waals surface area contributed by atoms with Crippen molar-refractivity contribution in [1.82, 2.24) is 20.3 Å². The maximum Gasteiger partial charge on any atom is 0.251 e. The van der Waals surface area contributed by atoms with E-state index in [1.165, 1.54) is 0 Å². The predicted molar refractivity (Wildman–Crippen MR) is 123 cm³/mol. The van der Waals surface area contributed by atoms with E-state index in [1.54, 1.807) is 18.3 Å². The summed E-state index contributed by atoms with van der Waals surface area (Å²) in [7, 11) is 0. The molecule has 4 rings (SSSR count). The maximum absolute atomic E-state index is 12.7. The number of anilines is 1. The first-order valence-electron chi connectivity index (χ1n) is 9.89. The quantitative estimate of drug-likeness (QED) is 0.488. The third-order valence-electron chi connectivity index (χ3n) is 5.08. The highest BCUT2D eigenvalue weighted by molar-refractivity contribution is 6.32. The number of nitrogen functional groups attached to an aromatic ring is 1. The van der Waals surface area contributed by atoms with Crippen LogP contribution in [-0.4, -0.2) is 20.9 Å². The molecule has 0 spiro atoms. The van der Waals surface area contributed by atoms with Gasteiger partial charge in [-0.2, -0.15) is 0 Å². The third kappa shape index (κ3) is 4.81. The van der Waals surface area contributed by atoms with E-state index in [2.05, 4.69) is 32.4 Å². The Balaban J connectivity index is 1.48. The summed E-state index contributed by atoms with van der Waals surface area (Å²) in [6.07, 6.45) is 4.15. The molecule has 1 amide bonds. The number of halogens is 1. The molecule has 0 fully saturated rings. The van der Waals surface area contributed by atoms with Crippen molar-refractivity contribution in [2.75, 3.05) is 5.73 Å². The van der Waals surface area contributed by atoms with Crippen LogP contribution in [0.4, 0.5) is 5.82 Å². The number of fused-ring (bicyclic) bond motifs is 1. The SMILES string of the molecule is Cc1cnc2ccc(Cc3cc(C(=O)NCc4cc(Cl)c(N)nc4C)ccn3)cc2c1. The Bertz CT molecular complexity index is 1290. The van der Waals surface area contributed by atoms with Gasteiger partial charge in [-0.05, 0) is 66.9 Å². The highest BCUT2D eigenvalue weighted by Crippen LogP contribution is 2.20. The molecule has 156 valence electrons. The fraction of sp³-hybridized carbons (Fsp3) is 0.167. The van der Waals surface area contributed by atoms with Crippen molar-refractivity contribution in [3.63, 3.8) is 0 Å². The summed E-state index contributed by atoms with van der Waals surface area (Å²) in [5, 5.41) is 4.38. The van der Waals surface area contributed by atoms with Crippen LogP contribution in [0.1, 0.15) is 38.4 Å². The van der Waals surface area contributed by atoms with Crippen LogP contribution in [0.3, 0.4) is 0 Å². The van der Waals surface area contributed by atoms with Gasteiger partial charge in [0.1, 0.15) is 5.82 Å². The molecule has 0 atom stereocenters. The van der Waals surface area contributed by atoms with Crippen LogP contribution in [0.5, 0.6) is 0 Å². The fourth-order valence-corrected chi connectivity index (χ4v) is 3.59. The molecule has 0 aliphatic carbocycles. The normalized spacial score (nSPS) is 10.9. The molecule has 4 aromatic rings. The zero-order valence-electron chi connectivity index (χ0n) is 17.3. The van der Waals surface area contributed by atoms with Crippen molar-refractivity contribution >= 4 is 34.2 Å². The number of hydrogen-bond donors (Lipinski definition) is 2. The van der Waals surface area contributed by atoms with Gasteiger partial charge in [0.25, 0.3) is 5.91 Å². The van der Waals surface area contributed by atoms with E-state index in [0.717, 1.165) is 39.0 Å². The molecule has 0 saturated carbocycles. The standard InChI is InChI=1S/C24H22ClN5O/c1-14-7-18-8-16(3-4-22(18)28-12-14)9-20-10-17(5-6-27-20)24(31)29-13-19-11-21(25)23(26)30-15(19)2/h3-8,10-12H,9,13H2,1-2H3,(H2,26,30)(H,29,31). The lowest BCUT2D eigenvalue weighted by molar-refractivity contribution is 0.0950. The molecule has 0 aliphatic rings. The van der Waals surface area contributed by atoms with E-state index in [9.17, 15) is 4.79 Å². The van der Waals surface area contributed by atoms with Crippen LogP contribution in [0.2, 0.25) is 5.02 Å². The van der Waals surface area contributed by atoms with Crippen LogP contribution in [-0.2, 0) is 13.0 Å². The number of nitrogens with two attached hydrogens (primary N) is 1.